The summed E-state index contributed by atoms with van der Waals surface area (Å²) in [4.78, 5) is 37.8. The third-order valence-corrected chi connectivity index (χ3v) is 7.51. The molecule has 2 aliphatic heterocycles. The molecule has 1 saturated carbocycles. The first-order valence-electron chi connectivity index (χ1n) is 12.8. The lowest BCUT2D eigenvalue weighted by atomic mass is 9.84. The summed E-state index contributed by atoms with van der Waals surface area (Å²) in [6.07, 6.45) is 2.30. The van der Waals surface area contributed by atoms with Crippen LogP contribution in [0.3, 0.4) is 0 Å². The third-order valence-electron chi connectivity index (χ3n) is 7.51. The molecule has 3 N–H and O–H groups in total. The fourth-order valence-electron chi connectivity index (χ4n) is 5.73. The van der Waals surface area contributed by atoms with Gasteiger partial charge in [0, 0.05) is 24.2 Å². The van der Waals surface area contributed by atoms with Gasteiger partial charge >= 0.3 is 12.1 Å². The Morgan fingerprint density at radius 1 is 0.973 bits per heavy atom. The van der Waals surface area contributed by atoms with E-state index >= 15 is 0 Å². The maximum atomic E-state index is 13.7. The molecule has 5 rings (SSSR count). The molecule has 0 bridgehead atoms. The molecule has 0 spiro atoms. The van der Waals surface area contributed by atoms with Gasteiger partial charge in [-0.05, 0) is 67.5 Å². The Morgan fingerprint density at radius 2 is 1.68 bits per heavy atom. The molecule has 1 aliphatic carbocycles. The molecule has 3 fully saturated rings. The Balaban J connectivity index is 0.000000405. The first-order chi connectivity index (χ1) is 17.6. The van der Waals surface area contributed by atoms with Gasteiger partial charge in [-0.1, -0.05) is 43.2 Å². The minimum atomic E-state index is -5.08. The van der Waals surface area contributed by atoms with Crippen LogP contribution in [0, 0.1) is 5.92 Å². The SMILES string of the molecule is O=C(N[C@@H]1CCCNC1)[C@@H]1C[C@@H]2CCCC[C@@H]2N1C(=O)c1ccc2ccccc2c1.O=C(O)C(F)(F)F. The Morgan fingerprint density at radius 3 is 2.35 bits per heavy atom. The van der Waals surface area contributed by atoms with Crippen molar-refractivity contribution in [1.29, 1.82) is 0 Å². The Bertz CT molecular complexity index is 1130. The fraction of sp³-hybridized carbons (Fsp3) is 0.519. The molecular weight excluding hydrogens is 487 g/mol. The zero-order valence-electron chi connectivity index (χ0n) is 20.5. The van der Waals surface area contributed by atoms with Crippen LogP contribution < -0.4 is 10.6 Å². The maximum absolute atomic E-state index is 13.7. The van der Waals surface area contributed by atoms with Crippen LogP contribution in [-0.2, 0) is 9.59 Å². The zero-order valence-corrected chi connectivity index (χ0v) is 20.5. The van der Waals surface area contributed by atoms with Crippen LogP contribution in [-0.4, -0.2) is 65.2 Å². The maximum Gasteiger partial charge on any atom is 0.490 e. The molecule has 4 atom stereocenters. The number of likely N-dealkylation sites (tertiary alicyclic amines) is 1. The molecular formula is C27H32F3N3O4. The lowest BCUT2D eigenvalue weighted by Gasteiger charge is -2.34. The number of alkyl halides is 3. The second kappa shape index (κ2) is 11.5. The summed E-state index contributed by atoms with van der Waals surface area (Å²) in [5.41, 5.74) is 0.692. The average molecular weight is 520 g/mol. The molecule has 2 heterocycles. The van der Waals surface area contributed by atoms with E-state index in [0.29, 0.717) is 11.5 Å². The number of nitrogens with one attached hydrogen (secondary N) is 2. The van der Waals surface area contributed by atoms with Crippen LogP contribution in [0.25, 0.3) is 10.8 Å². The molecule has 2 aromatic rings. The van der Waals surface area contributed by atoms with E-state index in [1.54, 1.807) is 0 Å². The topological polar surface area (TPSA) is 98.7 Å². The predicted octanol–water partition coefficient (Wildman–Crippen LogP) is 4.11. The minimum Gasteiger partial charge on any atom is -0.475 e. The monoisotopic (exact) mass is 519 g/mol. The molecule has 0 unspecified atom stereocenters. The second-order valence-electron chi connectivity index (χ2n) is 9.99. The number of hydrogen-bond donors (Lipinski definition) is 3. The highest BCUT2D eigenvalue weighted by Crippen LogP contribution is 2.40. The number of halogens is 3. The molecule has 200 valence electrons. The number of carboxylic acid groups (broad SMARTS) is 1. The van der Waals surface area contributed by atoms with E-state index in [1.807, 2.05) is 41.3 Å². The van der Waals surface area contributed by atoms with Crippen molar-refractivity contribution in [3.05, 3.63) is 48.0 Å². The van der Waals surface area contributed by atoms with E-state index in [0.717, 1.165) is 62.4 Å². The van der Waals surface area contributed by atoms with Gasteiger partial charge in [0.05, 0.1) is 0 Å². The van der Waals surface area contributed by atoms with Crippen molar-refractivity contribution in [3.63, 3.8) is 0 Å². The van der Waals surface area contributed by atoms with Crippen LogP contribution in [0.2, 0.25) is 0 Å². The van der Waals surface area contributed by atoms with Crippen molar-refractivity contribution in [1.82, 2.24) is 15.5 Å². The van der Waals surface area contributed by atoms with Crippen LogP contribution in [0.1, 0.15) is 55.3 Å². The number of amides is 2. The largest absolute Gasteiger partial charge is 0.490 e. The quantitative estimate of drug-likeness (QED) is 0.567. The number of fused-ring (bicyclic) bond motifs is 2. The molecule has 0 radical (unpaired) electrons. The number of piperidine rings is 1. The van der Waals surface area contributed by atoms with Crippen LogP contribution >= 0.6 is 0 Å². The van der Waals surface area contributed by atoms with Crippen molar-refractivity contribution in [2.45, 2.75) is 69.2 Å². The Kier molecular flexibility index (Phi) is 8.36. The number of carbonyl (C=O) groups excluding carboxylic acids is 2. The van der Waals surface area contributed by atoms with E-state index in [1.165, 1.54) is 6.42 Å². The molecule has 3 aliphatic rings. The summed E-state index contributed by atoms with van der Waals surface area (Å²) in [5, 5.41) is 15.9. The van der Waals surface area contributed by atoms with E-state index < -0.39 is 12.1 Å². The first-order valence-corrected chi connectivity index (χ1v) is 12.8. The van der Waals surface area contributed by atoms with Crippen molar-refractivity contribution in [2.75, 3.05) is 13.1 Å². The summed E-state index contributed by atoms with van der Waals surface area (Å²) in [5.74, 6) is -2.26. The molecule has 10 heteroatoms. The number of aliphatic carboxylic acids is 1. The fourth-order valence-corrected chi connectivity index (χ4v) is 5.73. The van der Waals surface area contributed by atoms with Gasteiger partial charge in [0.2, 0.25) is 5.91 Å². The Hall–Kier alpha value is -3.14. The summed E-state index contributed by atoms with van der Waals surface area (Å²) in [6, 6.07) is 14.0. The average Bonchev–Trinajstić information content (AvgIpc) is 3.28. The van der Waals surface area contributed by atoms with Crippen molar-refractivity contribution in [3.8, 4) is 0 Å². The van der Waals surface area contributed by atoms with Crippen LogP contribution in [0.15, 0.2) is 42.5 Å². The molecule has 2 aromatic carbocycles. The van der Waals surface area contributed by atoms with E-state index in [4.69, 9.17) is 9.90 Å². The van der Waals surface area contributed by atoms with Crippen LogP contribution in [0.5, 0.6) is 0 Å². The van der Waals surface area contributed by atoms with Gasteiger partial charge in [-0.25, -0.2) is 4.79 Å². The van der Waals surface area contributed by atoms with Gasteiger partial charge in [0.25, 0.3) is 5.91 Å². The van der Waals surface area contributed by atoms with Gasteiger partial charge in [0.1, 0.15) is 6.04 Å². The highest BCUT2D eigenvalue weighted by atomic mass is 19.4. The van der Waals surface area contributed by atoms with Gasteiger partial charge in [-0.2, -0.15) is 13.2 Å². The number of nitrogens with zero attached hydrogens (tertiary/aromatic N) is 1. The highest BCUT2D eigenvalue weighted by Gasteiger charge is 2.47. The van der Waals surface area contributed by atoms with Crippen LogP contribution in [0.4, 0.5) is 13.2 Å². The van der Waals surface area contributed by atoms with Gasteiger partial charge < -0.3 is 20.6 Å². The molecule has 37 heavy (non-hydrogen) atoms. The van der Waals surface area contributed by atoms with Crippen molar-refractivity contribution in [2.24, 2.45) is 5.92 Å². The number of carboxylic acids is 1. The van der Waals surface area contributed by atoms with Crippen molar-refractivity contribution < 1.29 is 32.7 Å². The normalized spacial score (nSPS) is 25.5. The standard InChI is InChI=1S/C25H31N3O2.C2HF3O2/c29-24(27-21-9-5-13-26-16-21)23-15-19-8-3-4-10-22(19)28(23)25(30)20-12-11-17-6-1-2-7-18(17)14-20;3-2(4,5)1(6)7/h1-2,6-7,11-12,14,19,21-23,26H,3-5,8-10,13,15-16H2,(H,27,29);(H,6,7)/t19-,21+,22-,23-;/m0./s1. The number of hydrogen-bond acceptors (Lipinski definition) is 4. The number of benzene rings is 2. The van der Waals surface area contributed by atoms with E-state index in [-0.39, 0.29) is 29.9 Å². The Labute approximate surface area is 213 Å². The molecule has 7 nitrogen and oxygen atoms in total. The number of rotatable bonds is 3. The summed E-state index contributed by atoms with van der Waals surface area (Å²) < 4.78 is 31.7. The molecule has 0 aromatic heterocycles. The summed E-state index contributed by atoms with van der Waals surface area (Å²) in [7, 11) is 0. The first kappa shape index (κ1) is 26.9. The summed E-state index contributed by atoms with van der Waals surface area (Å²) in [6.45, 7) is 1.84. The second-order valence-corrected chi connectivity index (χ2v) is 9.99. The molecule has 2 saturated heterocycles. The third kappa shape index (κ3) is 6.41. The summed E-state index contributed by atoms with van der Waals surface area (Å²) >= 11 is 0. The van der Waals surface area contributed by atoms with Gasteiger partial charge in [0.15, 0.2) is 0 Å². The van der Waals surface area contributed by atoms with Gasteiger partial charge in [-0.3, -0.25) is 9.59 Å². The van der Waals surface area contributed by atoms with Crippen molar-refractivity contribution >= 4 is 28.6 Å². The van der Waals surface area contributed by atoms with E-state index in [9.17, 15) is 22.8 Å². The molecule has 2 amide bonds. The predicted molar refractivity (Wildman–Crippen MR) is 132 cm³/mol. The lowest BCUT2D eigenvalue weighted by molar-refractivity contribution is -0.192. The highest BCUT2D eigenvalue weighted by molar-refractivity contribution is 6.01. The van der Waals surface area contributed by atoms with Gasteiger partial charge in [-0.15, -0.1) is 0 Å². The lowest BCUT2D eigenvalue weighted by Crippen LogP contribution is -2.54. The smallest absolute Gasteiger partial charge is 0.475 e. The zero-order chi connectivity index (χ0) is 26.6. The van der Waals surface area contributed by atoms with E-state index in [2.05, 4.69) is 16.7 Å². The minimum absolute atomic E-state index is 0.0112. The number of carbonyl (C=O) groups is 3.